The van der Waals surface area contributed by atoms with E-state index in [1.165, 1.54) is 0 Å². The highest BCUT2D eigenvalue weighted by Gasteiger charge is 2.13. The summed E-state index contributed by atoms with van der Waals surface area (Å²) < 4.78 is 11.4. The van der Waals surface area contributed by atoms with Crippen molar-refractivity contribution in [1.29, 1.82) is 0 Å². The molecule has 0 fully saturated rings. The number of aryl methyl sites for hydroxylation is 1. The van der Waals surface area contributed by atoms with Crippen LogP contribution < -0.4 is 14.8 Å². The van der Waals surface area contributed by atoms with Crippen molar-refractivity contribution < 1.29 is 14.3 Å². The van der Waals surface area contributed by atoms with Crippen molar-refractivity contribution in [3.8, 4) is 11.5 Å². The molecule has 1 amide bonds. The molecule has 2 rings (SSSR count). The van der Waals surface area contributed by atoms with Gasteiger partial charge in [0.15, 0.2) is 11.5 Å². The second-order valence-corrected chi connectivity index (χ2v) is 6.00. The van der Waals surface area contributed by atoms with E-state index in [2.05, 4.69) is 12.2 Å². The Labute approximate surface area is 150 Å². The molecular weight excluding hydrogens is 314 g/mol. The number of hydrogen-bond acceptors (Lipinski definition) is 3. The minimum absolute atomic E-state index is 0.158. The number of nitrogens with one attached hydrogen (secondary N) is 1. The summed E-state index contributed by atoms with van der Waals surface area (Å²) in [6, 6.07) is 11.2. The summed E-state index contributed by atoms with van der Waals surface area (Å²) in [5, 5.41) is 2.97. The number of benzene rings is 2. The van der Waals surface area contributed by atoms with Crippen molar-refractivity contribution >= 4 is 11.6 Å². The summed E-state index contributed by atoms with van der Waals surface area (Å²) in [5.41, 5.74) is 3.59. The summed E-state index contributed by atoms with van der Waals surface area (Å²) in [6.45, 7) is 9.23. The van der Waals surface area contributed by atoms with Gasteiger partial charge in [-0.15, -0.1) is 0 Å². The van der Waals surface area contributed by atoms with Gasteiger partial charge >= 0.3 is 0 Å². The topological polar surface area (TPSA) is 47.6 Å². The molecular formula is C21H27NO3. The van der Waals surface area contributed by atoms with Gasteiger partial charge in [-0.2, -0.15) is 0 Å². The van der Waals surface area contributed by atoms with Crippen LogP contribution in [-0.2, 0) is 0 Å². The maximum Gasteiger partial charge on any atom is 0.255 e. The van der Waals surface area contributed by atoms with Crippen LogP contribution >= 0.6 is 0 Å². The number of rotatable bonds is 8. The average molecular weight is 341 g/mol. The van der Waals surface area contributed by atoms with Crippen LogP contribution in [0.3, 0.4) is 0 Å². The number of hydrogen-bond donors (Lipinski definition) is 1. The fraction of sp³-hybridized carbons (Fsp3) is 0.381. The minimum Gasteiger partial charge on any atom is -0.490 e. The van der Waals surface area contributed by atoms with Crippen LogP contribution in [0.4, 0.5) is 5.69 Å². The third kappa shape index (κ3) is 4.99. The first-order valence-corrected chi connectivity index (χ1v) is 8.84. The second kappa shape index (κ2) is 9.11. The maximum absolute atomic E-state index is 12.6. The summed E-state index contributed by atoms with van der Waals surface area (Å²) in [7, 11) is 0. The molecule has 25 heavy (non-hydrogen) atoms. The van der Waals surface area contributed by atoms with Crippen LogP contribution in [0.1, 0.15) is 48.2 Å². The van der Waals surface area contributed by atoms with Crippen LogP contribution in [0.2, 0.25) is 0 Å². The van der Waals surface area contributed by atoms with Gasteiger partial charge < -0.3 is 14.8 Å². The molecule has 0 atom stereocenters. The lowest BCUT2D eigenvalue weighted by Gasteiger charge is -2.14. The predicted octanol–water partition coefficient (Wildman–Crippen LogP) is 5.13. The third-order valence-corrected chi connectivity index (χ3v) is 4.11. The number of anilines is 1. The van der Waals surface area contributed by atoms with Crippen molar-refractivity contribution in [1.82, 2.24) is 0 Å². The standard InChI is InChI=1S/C21H27NO3/c1-5-7-13-25-19-12-11-17(14-20(19)24-6-2)21(23)22-18-10-8-9-15(3)16(18)4/h8-12,14H,5-7,13H2,1-4H3,(H,22,23). The van der Waals surface area contributed by atoms with Crippen LogP contribution in [-0.4, -0.2) is 19.1 Å². The number of amides is 1. The Bertz CT molecular complexity index is 725. The smallest absolute Gasteiger partial charge is 0.255 e. The van der Waals surface area contributed by atoms with Crippen LogP contribution in [0.15, 0.2) is 36.4 Å². The average Bonchev–Trinajstić information content (AvgIpc) is 2.60. The first kappa shape index (κ1) is 18.8. The molecule has 0 aromatic heterocycles. The predicted molar refractivity (Wildman–Crippen MR) is 102 cm³/mol. The molecule has 0 saturated heterocycles. The molecule has 2 aromatic carbocycles. The van der Waals surface area contributed by atoms with Crippen molar-refractivity contribution in [3.63, 3.8) is 0 Å². The van der Waals surface area contributed by atoms with Crippen molar-refractivity contribution in [2.24, 2.45) is 0 Å². The van der Waals surface area contributed by atoms with Crippen LogP contribution in [0.25, 0.3) is 0 Å². The Hall–Kier alpha value is -2.49. The fourth-order valence-corrected chi connectivity index (χ4v) is 2.44. The Morgan fingerprint density at radius 1 is 1.04 bits per heavy atom. The van der Waals surface area contributed by atoms with E-state index in [0.717, 1.165) is 29.7 Å². The van der Waals surface area contributed by atoms with Gasteiger partial charge in [0.05, 0.1) is 13.2 Å². The number of unbranched alkanes of at least 4 members (excludes halogenated alkanes) is 1. The van der Waals surface area contributed by atoms with E-state index in [9.17, 15) is 4.79 Å². The van der Waals surface area contributed by atoms with Crippen molar-refractivity contribution in [3.05, 3.63) is 53.1 Å². The number of carbonyl (C=O) groups is 1. The lowest BCUT2D eigenvalue weighted by molar-refractivity contribution is 0.102. The van der Waals surface area contributed by atoms with Gasteiger partial charge in [0.2, 0.25) is 0 Å². The lowest BCUT2D eigenvalue weighted by atomic mass is 10.1. The SMILES string of the molecule is CCCCOc1ccc(C(=O)Nc2cccc(C)c2C)cc1OCC. The number of carbonyl (C=O) groups excluding carboxylic acids is 1. The molecule has 0 aliphatic carbocycles. The molecule has 0 radical (unpaired) electrons. The fourth-order valence-electron chi connectivity index (χ4n) is 2.44. The molecule has 0 bridgehead atoms. The Balaban J connectivity index is 2.18. The maximum atomic E-state index is 12.6. The van der Waals surface area contributed by atoms with E-state index >= 15 is 0 Å². The van der Waals surface area contributed by atoms with Gasteiger partial charge in [-0.3, -0.25) is 4.79 Å². The van der Waals surface area contributed by atoms with Gasteiger partial charge in [0.25, 0.3) is 5.91 Å². The van der Waals surface area contributed by atoms with Crippen LogP contribution in [0, 0.1) is 13.8 Å². The lowest BCUT2D eigenvalue weighted by Crippen LogP contribution is -2.13. The highest BCUT2D eigenvalue weighted by atomic mass is 16.5. The molecule has 0 spiro atoms. The Kier molecular flexibility index (Phi) is 6.87. The third-order valence-electron chi connectivity index (χ3n) is 4.11. The van der Waals surface area contributed by atoms with Gasteiger partial charge in [0, 0.05) is 11.3 Å². The van der Waals surface area contributed by atoms with E-state index in [1.807, 2.05) is 39.0 Å². The summed E-state index contributed by atoms with van der Waals surface area (Å²) >= 11 is 0. The van der Waals surface area contributed by atoms with Crippen LogP contribution in [0.5, 0.6) is 11.5 Å². The zero-order valence-corrected chi connectivity index (χ0v) is 15.5. The first-order valence-electron chi connectivity index (χ1n) is 8.84. The monoisotopic (exact) mass is 341 g/mol. The zero-order valence-electron chi connectivity index (χ0n) is 15.5. The highest BCUT2D eigenvalue weighted by Crippen LogP contribution is 2.29. The molecule has 0 aliphatic rings. The van der Waals surface area contributed by atoms with E-state index in [-0.39, 0.29) is 5.91 Å². The molecule has 4 heteroatoms. The van der Waals surface area contributed by atoms with Crippen molar-refractivity contribution in [2.75, 3.05) is 18.5 Å². The van der Waals surface area contributed by atoms with E-state index in [1.54, 1.807) is 18.2 Å². The molecule has 0 saturated carbocycles. The Morgan fingerprint density at radius 2 is 1.84 bits per heavy atom. The molecule has 2 aromatic rings. The molecule has 0 aliphatic heterocycles. The Morgan fingerprint density at radius 3 is 2.56 bits per heavy atom. The van der Waals surface area contributed by atoms with Crippen molar-refractivity contribution in [2.45, 2.75) is 40.5 Å². The normalized spacial score (nSPS) is 10.4. The molecule has 1 N–H and O–H groups in total. The second-order valence-electron chi connectivity index (χ2n) is 6.00. The molecule has 0 heterocycles. The quantitative estimate of drug-likeness (QED) is 0.677. The largest absolute Gasteiger partial charge is 0.490 e. The van der Waals surface area contributed by atoms with Gasteiger partial charge in [-0.1, -0.05) is 25.5 Å². The minimum atomic E-state index is -0.158. The summed E-state index contributed by atoms with van der Waals surface area (Å²) in [4.78, 5) is 12.6. The van der Waals surface area contributed by atoms with Gasteiger partial charge in [0.1, 0.15) is 0 Å². The summed E-state index contributed by atoms with van der Waals surface area (Å²) in [5.74, 6) is 1.13. The molecule has 134 valence electrons. The number of ether oxygens (including phenoxy) is 2. The highest BCUT2D eigenvalue weighted by molar-refractivity contribution is 6.05. The molecule has 4 nitrogen and oxygen atoms in total. The van der Waals surface area contributed by atoms with Gasteiger partial charge in [-0.25, -0.2) is 0 Å². The first-order chi connectivity index (χ1) is 12.1. The van der Waals surface area contributed by atoms with Gasteiger partial charge in [-0.05, 0) is 62.6 Å². The zero-order chi connectivity index (χ0) is 18.2. The van der Waals surface area contributed by atoms with E-state index in [4.69, 9.17) is 9.47 Å². The van der Waals surface area contributed by atoms with E-state index in [0.29, 0.717) is 30.3 Å². The summed E-state index contributed by atoms with van der Waals surface area (Å²) in [6.07, 6.45) is 2.06. The molecule has 0 unspecified atom stereocenters. The van der Waals surface area contributed by atoms with E-state index < -0.39 is 0 Å².